The van der Waals surface area contributed by atoms with Gasteiger partial charge < -0.3 is 11.1 Å². The maximum atomic E-state index is 11.6. The van der Waals surface area contributed by atoms with Gasteiger partial charge in [0, 0.05) is 29.9 Å². The number of aliphatic imine (C=N–C) groups is 1. The number of hydrogen-bond acceptors (Lipinski definition) is 3. The van der Waals surface area contributed by atoms with Crippen LogP contribution in [0.25, 0.3) is 0 Å². The van der Waals surface area contributed by atoms with Crippen LogP contribution in [0.4, 0.5) is 5.69 Å². The first kappa shape index (κ1) is 19.2. The van der Waals surface area contributed by atoms with Gasteiger partial charge in [0.1, 0.15) is 5.88 Å². The van der Waals surface area contributed by atoms with Crippen LogP contribution in [0.5, 0.6) is 0 Å². The third-order valence-electron chi connectivity index (χ3n) is 4.74. The number of nitrogens with one attached hydrogen (secondary N) is 1. The van der Waals surface area contributed by atoms with Crippen LogP contribution in [0.1, 0.15) is 19.3 Å². The van der Waals surface area contributed by atoms with Crippen LogP contribution >= 0.6 is 11.6 Å². The maximum Gasteiger partial charge on any atom is 0.235 e. The highest BCUT2D eigenvalue weighted by molar-refractivity contribution is 6.27. The second-order valence-corrected chi connectivity index (χ2v) is 6.89. The van der Waals surface area contributed by atoms with E-state index in [9.17, 15) is 4.79 Å². The molecule has 1 aromatic carbocycles. The summed E-state index contributed by atoms with van der Waals surface area (Å²) in [6, 6.07) is 9.66. The molecule has 27 heavy (non-hydrogen) atoms. The Balaban J connectivity index is 1.85. The molecule has 0 saturated heterocycles. The summed E-state index contributed by atoms with van der Waals surface area (Å²) < 4.78 is 0. The number of fused-ring (bicyclic) bond motifs is 1. The minimum Gasteiger partial charge on any atom is -0.401 e. The summed E-state index contributed by atoms with van der Waals surface area (Å²) in [5, 5.41) is 2.79. The van der Waals surface area contributed by atoms with E-state index in [0.29, 0.717) is 6.54 Å². The van der Waals surface area contributed by atoms with Gasteiger partial charge >= 0.3 is 0 Å². The van der Waals surface area contributed by atoms with Gasteiger partial charge in [0.15, 0.2) is 0 Å². The average Bonchev–Trinajstić information content (AvgIpc) is 2.73. The molecule has 0 aliphatic heterocycles. The van der Waals surface area contributed by atoms with Crippen LogP contribution in [0.15, 0.2) is 82.0 Å². The molecule has 1 aromatic rings. The highest BCUT2D eigenvalue weighted by Gasteiger charge is 2.19. The Hall–Kier alpha value is -2.59. The molecule has 2 aliphatic carbocycles. The molecule has 5 heteroatoms. The molecule has 3 N–H and O–H groups in total. The lowest BCUT2D eigenvalue weighted by Gasteiger charge is -2.24. The lowest BCUT2D eigenvalue weighted by atomic mass is 9.83. The van der Waals surface area contributed by atoms with Crippen molar-refractivity contribution in [2.45, 2.75) is 19.3 Å². The van der Waals surface area contributed by atoms with Gasteiger partial charge in [-0.25, -0.2) is 0 Å². The Morgan fingerprint density at radius 3 is 2.93 bits per heavy atom. The topological polar surface area (TPSA) is 67.5 Å². The van der Waals surface area contributed by atoms with Crippen LogP contribution in [0.2, 0.25) is 0 Å². The largest absolute Gasteiger partial charge is 0.401 e. The molecule has 0 saturated carbocycles. The molecule has 0 spiro atoms. The lowest BCUT2D eigenvalue weighted by molar-refractivity contribution is -0.118. The molecule has 1 unspecified atom stereocenters. The van der Waals surface area contributed by atoms with Gasteiger partial charge in [0.2, 0.25) is 5.91 Å². The van der Waals surface area contributed by atoms with Crippen molar-refractivity contribution >= 4 is 29.4 Å². The molecule has 0 aromatic heterocycles. The average molecular weight is 382 g/mol. The van der Waals surface area contributed by atoms with Gasteiger partial charge in [-0.05, 0) is 42.5 Å². The number of benzene rings is 1. The number of halogens is 1. The van der Waals surface area contributed by atoms with E-state index in [4.69, 9.17) is 17.3 Å². The summed E-state index contributed by atoms with van der Waals surface area (Å²) >= 11 is 5.60. The van der Waals surface area contributed by atoms with Crippen LogP contribution in [0, 0.1) is 5.92 Å². The molecule has 140 valence electrons. The number of allylic oxidation sites excluding steroid dienone is 6. The number of hydrogen-bond donors (Lipinski definition) is 2. The highest BCUT2D eigenvalue weighted by Crippen LogP contribution is 2.32. The van der Waals surface area contributed by atoms with E-state index in [2.05, 4.69) is 34.6 Å². The number of carbonyl (C=O) groups excluding carboxylic acids is 1. The number of carbonyl (C=O) groups is 1. The molecular weight excluding hydrogens is 358 g/mol. The molecule has 1 amide bonds. The zero-order valence-electron chi connectivity index (χ0n) is 15.2. The van der Waals surface area contributed by atoms with Gasteiger partial charge in [0.25, 0.3) is 0 Å². The molecule has 0 heterocycles. The Bertz CT molecular complexity index is 834. The third-order valence-corrected chi connectivity index (χ3v) is 4.98. The van der Waals surface area contributed by atoms with Gasteiger partial charge in [-0.1, -0.05) is 42.5 Å². The first-order valence-corrected chi connectivity index (χ1v) is 9.69. The first-order valence-electron chi connectivity index (χ1n) is 9.15. The maximum absolute atomic E-state index is 11.6. The van der Waals surface area contributed by atoms with E-state index >= 15 is 0 Å². The summed E-state index contributed by atoms with van der Waals surface area (Å²) in [5.41, 5.74) is 11.5. The van der Waals surface area contributed by atoms with Gasteiger partial charge in [0.05, 0.1) is 5.69 Å². The zero-order chi connectivity index (χ0) is 19.1. The minimum atomic E-state index is -0.227. The quantitative estimate of drug-likeness (QED) is 0.573. The molecule has 1 atom stereocenters. The van der Waals surface area contributed by atoms with Crippen molar-refractivity contribution in [3.05, 3.63) is 77.1 Å². The molecule has 0 bridgehead atoms. The van der Waals surface area contributed by atoms with Crippen molar-refractivity contribution in [2.75, 3.05) is 12.4 Å². The molecule has 4 nitrogen and oxygen atoms in total. The second kappa shape index (κ2) is 9.38. The number of rotatable bonds is 6. The number of amides is 1. The van der Waals surface area contributed by atoms with E-state index < -0.39 is 0 Å². The summed E-state index contributed by atoms with van der Waals surface area (Å²) in [7, 11) is 0. The lowest BCUT2D eigenvalue weighted by Crippen LogP contribution is -2.29. The number of nitrogens with zero attached hydrogens (tertiary/aromatic N) is 1. The number of para-hydroxylation sites is 1. The standard InChI is InChI=1S/C22H24ClN3O/c23-13-21(27)26-15-19(14-25-20-8-2-1-3-9-20)22(24)18-11-10-16-6-4-5-7-17(16)12-18/h1-3,5,7-10,12,14,18H,4,6,11,13,15,24H2,(H,26,27). The smallest absolute Gasteiger partial charge is 0.235 e. The fourth-order valence-corrected chi connectivity index (χ4v) is 3.32. The second-order valence-electron chi connectivity index (χ2n) is 6.62. The van der Waals surface area contributed by atoms with Crippen LogP contribution < -0.4 is 11.1 Å². The monoisotopic (exact) mass is 381 g/mol. The fraction of sp³-hybridized carbons (Fsp3) is 0.273. The normalized spacial score (nSPS) is 19.8. The van der Waals surface area contributed by atoms with Crippen molar-refractivity contribution in [3.63, 3.8) is 0 Å². The number of nitrogens with two attached hydrogens (primary N) is 1. The Morgan fingerprint density at radius 2 is 2.15 bits per heavy atom. The van der Waals surface area contributed by atoms with Crippen LogP contribution in [-0.4, -0.2) is 24.5 Å². The number of alkyl halides is 1. The zero-order valence-corrected chi connectivity index (χ0v) is 16.0. The highest BCUT2D eigenvalue weighted by atomic mass is 35.5. The first-order chi connectivity index (χ1) is 13.2. The summed E-state index contributed by atoms with van der Waals surface area (Å²) in [5.74, 6) is -0.209. The fourth-order valence-electron chi connectivity index (χ4n) is 3.22. The summed E-state index contributed by atoms with van der Waals surface area (Å²) in [6.07, 6.45) is 13.7. The third kappa shape index (κ3) is 5.20. The Morgan fingerprint density at radius 1 is 1.33 bits per heavy atom. The summed E-state index contributed by atoms with van der Waals surface area (Å²) in [6.45, 7) is 0.305. The van der Waals surface area contributed by atoms with Crippen molar-refractivity contribution < 1.29 is 4.79 Å². The van der Waals surface area contributed by atoms with Crippen molar-refractivity contribution in [2.24, 2.45) is 16.6 Å². The van der Waals surface area contributed by atoms with Gasteiger partial charge in [-0.15, -0.1) is 11.6 Å². The van der Waals surface area contributed by atoms with Crippen LogP contribution in [0.3, 0.4) is 0 Å². The van der Waals surface area contributed by atoms with E-state index in [1.54, 1.807) is 6.21 Å². The molecule has 2 aliphatic rings. The summed E-state index contributed by atoms with van der Waals surface area (Å²) in [4.78, 5) is 16.1. The van der Waals surface area contributed by atoms with E-state index in [1.165, 1.54) is 11.1 Å². The van der Waals surface area contributed by atoms with Crippen molar-refractivity contribution in [3.8, 4) is 0 Å². The van der Waals surface area contributed by atoms with E-state index in [0.717, 1.165) is 36.2 Å². The molecule has 3 rings (SSSR count). The van der Waals surface area contributed by atoms with Crippen molar-refractivity contribution in [1.82, 2.24) is 5.32 Å². The molecule has 0 radical (unpaired) electrons. The predicted molar refractivity (Wildman–Crippen MR) is 112 cm³/mol. The van der Waals surface area contributed by atoms with E-state index in [-0.39, 0.29) is 17.7 Å². The Labute approximate surface area is 165 Å². The Kier molecular flexibility index (Phi) is 6.66. The van der Waals surface area contributed by atoms with Crippen LogP contribution in [-0.2, 0) is 4.79 Å². The van der Waals surface area contributed by atoms with Gasteiger partial charge in [-0.3, -0.25) is 9.79 Å². The van der Waals surface area contributed by atoms with E-state index in [1.807, 2.05) is 30.3 Å². The SMILES string of the molecule is NC(=C(C=Nc1ccccc1)CNC(=O)CCl)C1C=C2C=CCCC2=CC1. The molecule has 0 fully saturated rings. The van der Waals surface area contributed by atoms with Crippen molar-refractivity contribution in [1.29, 1.82) is 0 Å². The molecular formula is C22H24ClN3O. The minimum absolute atomic E-state index is 0.0760. The predicted octanol–water partition coefficient (Wildman–Crippen LogP) is 4.18. The van der Waals surface area contributed by atoms with Gasteiger partial charge in [-0.2, -0.15) is 0 Å².